The van der Waals surface area contributed by atoms with Crippen molar-refractivity contribution < 1.29 is 31.2 Å². The molecule has 0 heterocycles. The van der Waals surface area contributed by atoms with Gasteiger partial charge in [0, 0.05) is 17.1 Å². The first-order valence-corrected chi connectivity index (χ1v) is 15.5. The lowest BCUT2D eigenvalue weighted by atomic mass is 10.1. The van der Waals surface area contributed by atoms with E-state index in [-0.39, 0.29) is 22.5 Å². The Morgan fingerprint density at radius 3 is 2.26 bits per heavy atom. The van der Waals surface area contributed by atoms with Crippen LogP contribution in [0.15, 0.2) is 82.2 Å². The van der Waals surface area contributed by atoms with Crippen LogP contribution in [0.1, 0.15) is 38.3 Å². The molecule has 3 rings (SSSR count). The first-order valence-electron chi connectivity index (χ1n) is 12.9. The molecule has 2 amide bonds. The zero-order valence-corrected chi connectivity index (χ0v) is 26.2. The van der Waals surface area contributed by atoms with Gasteiger partial charge in [0.2, 0.25) is 11.8 Å². The van der Waals surface area contributed by atoms with E-state index in [2.05, 4.69) is 21.2 Å². The molecule has 1 N–H and O–H groups in total. The summed E-state index contributed by atoms with van der Waals surface area (Å²) in [5.41, 5.74) is -1.03. The molecular weight excluding hydrogens is 659 g/mol. The molecule has 13 heteroatoms. The topological polar surface area (TPSA) is 86.8 Å². The summed E-state index contributed by atoms with van der Waals surface area (Å²) >= 11 is 9.64. The van der Waals surface area contributed by atoms with E-state index in [1.807, 2.05) is 6.92 Å². The lowest BCUT2D eigenvalue weighted by Gasteiger charge is -2.33. The molecular formula is C29H30BrClF3N3O4S. The summed E-state index contributed by atoms with van der Waals surface area (Å²) < 4.78 is 69.8. The summed E-state index contributed by atoms with van der Waals surface area (Å²) in [6.07, 6.45) is -4.17. The maximum Gasteiger partial charge on any atom is 0.416 e. The Labute approximate surface area is 256 Å². The molecule has 2 atom stereocenters. The number of carbonyl (C=O) groups excluding carboxylic acids is 2. The lowest BCUT2D eigenvalue weighted by Crippen LogP contribution is -2.52. The number of nitrogens with zero attached hydrogens (tertiary/aromatic N) is 2. The third kappa shape index (κ3) is 8.26. The second-order valence-corrected chi connectivity index (χ2v) is 12.8. The van der Waals surface area contributed by atoms with Crippen LogP contribution < -0.4 is 9.62 Å². The van der Waals surface area contributed by atoms with Crippen LogP contribution >= 0.6 is 27.5 Å². The predicted octanol–water partition coefficient (Wildman–Crippen LogP) is 6.65. The molecule has 3 aromatic rings. The summed E-state index contributed by atoms with van der Waals surface area (Å²) in [5, 5.41) is 2.51. The van der Waals surface area contributed by atoms with Gasteiger partial charge in [-0.2, -0.15) is 13.2 Å². The highest BCUT2D eigenvalue weighted by atomic mass is 79.9. The Bertz CT molecular complexity index is 1520. The number of benzene rings is 3. The van der Waals surface area contributed by atoms with Gasteiger partial charge in [-0.3, -0.25) is 13.9 Å². The molecule has 0 fully saturated rings. The molecule has 0 unspecified atom stereocenters. The van der Waals surface area contributed by atoms with E-state index in [1.165, 1.54) is 36.1 Å². The number of carbonyl (C=O) groups is 2. The molecule has 7 nitrogen and oxygen atoms in total. The summed E-state index contributed by atoms with van der Waals surface area (Å²) in [6.45, 7) is 4.18. The minimum atomic E-state index is -4.80. The molecule has 0 saturated carbocycles. The summed E-state index contributed by atoms with van der Waals surface area (Å²) in [5.74, 6) is -1.29. The number of hydrogen-bond donors (Lipinski definition) is 1. The van der Waals surface area contributed by atoms with Crippen molar-refractivity contribution in [1.29, 1.82) is 0 Å². The van der Waals surface area contributed by atoms with Gasteiger partial charge in [0.25, 0.3) is 10.0 Å². The highest BCUT2D eigenvalue weighted by Crippen LogP contribution is 2.37. The lowest BCUT2D eigenvalue weighted by molar-refractivity contribution is -0.139. The van der Waals surface area contributed by atoms with Gasteiger partial charge in [0.1, 0.15) is 12.6 Å². The van der Waals surface area contributed by atoms with Crippen molar-refractivity contribution in [3.8, 4) is 0 Å². The van der Waals surface area contributed by atoms with E-state index in [1.54, 1.807) is 37.3 Å². The molecule has 0 spiro atoms. The maximum atomic E-state index is 14.0. The number of halogens is 5. The SMILES string of the molecule is CC[C@H](C)NC(=O)[C@H](C)N(Cc1cccc(Br)c1)C(=O)CN(c1cc(C(F)(F)F)ccc1Cl)S(=O)(=O)c1ccccc1. The molecule has 0 saturated heterocycles. The summed E-state index contributed by atoms with van der Waals surface area (Å²) in [6, 6.07) is 15.0. The largest absolute Gasteiger partial charge is 0.416 e. The smallest absolute Gasteiger partial charge is 0.352 e. The molecule has 0 aliphatic carbocycles. The molecule has 226 valence electrons. The average Bonchev–Trinajstić information content (AvgIpc) is 2.94. The number of rotatable bonds is 11. The molecule has 0 radical (unpaired) electrons. The first kappa shape index (κ1) is 33.4. The second-order valence-electron chi connectivity index (χ2n) is 9.63. The summed E-state index contributed by atoms with van der Waals surface area (Å²) in [7, 11) is -4.59. The zero-order valence-electron chi connectivity index (χ0n) is 23.0. The van der Waals surface area contributed by atoms with Gasteiger partial charge in [-0.15, -0.1) is 0 Å². The first-order chi connectivity index (χ1) is 19.6. The van der Waals surface area contributed by atoms with E-state index < -0.39 is 51.9 Å². The highest BCUT2D eigenvalue weighted by Gasteiger charge is 2.36. The van der Waals surface area contributed by atoms with Crippen LogP contribution in [0.4, 0.5) is 18.9 Å². The van der Waals surface area contributed by atoms with Crippen LogP contribution in [-0.2, 0) is 32.3 Å². The Morgan fingerprint density at radius 1 is 1.00 bits per heavy atom. The van der Waals surface area contributed by atoms with Crippen LogP contribution in [0.2, 0.25) is 5.02 Å². The molecule has 0 aliphatic heterocycles. The minimum Gasteiger partial charge on any atom is -0.352 e. The van der Waals surface area contributed by atoms with Gasteiger partial charge >= 0.3 is 6.18 Å². The van der Waals surface area contributed by atoms with Gasteiger partial charge in [0.15, 0.2) is 0 Å². The second kappa shape index (κ2) is 13.9. The molecule has 42 heavy (non-hydrogen) atoms. The number of nitrogens with one attached hydrogen (secondary N) is 1. The Hall–Kier alpha value is -3.09. The van der Waals surface area contributed by atoms with E-state index in [0.717, 1.165) is 12.1 Å². The van der Waals surface area contributed by atoms with Gasteiger partial charge in [-0.05, 0) is 68.3 Å². The Morgan fingerprint density at radius 2 is 1.67 bits per heavy atom. The van der Waals surface area contributed by atoms with E-state index >= 15 is 0 Å². The van der Waals surface area contributed by atoms with Crippen molar-refractivity contribution in [2.45, 2.75) is 56.9 Å². The molecule has 0 aromatic heterocycles. The molecule has 3 aromatic carbocycles. The number of amides is 2. The van der Waals surface area contributed by atoms with E-state index in [4.69, 9.17) is 11.6 Å². The van der Waals surface area contributed by atoms with Gasteiger partial charge in [-0.25, -0.2) is 8.42 Å². The van der Waals surface area contributed by atoms with E-state index in [0.29, 0.717) is 26.8 Å². The molecule has 0 bridgehead atoms. The summed E-state index contributed by atoms with van der Waals surface area (Å²) in [4.78, 5) is 28.0. The van der Waals surface area contributed by atoms with Crippen molar-refractivity contribution >= 4 is 55.1 Å². The fourth-order valence-corrected chi connectivity index (χ4v) is 6.16. The van der Waals surface area contributed by atoms with E-state index in [9.17, 15) is 31.2 Å². The van der Waals surface area contributed by atoms with Gasteiger partial charge in [0.05, 0.1) is 21.2 Å². The maximum absolute atomic E-state index is 14.0. The predicted molar refractivity (Wildman–Crippen MR) is 159 cm³/mol. The van der Waals surface area contributed by atoms with Crippen LogP contribution in [0.3, 0.4) is 0 Å². The Balaban J connectivity index is 2.12. The minimum absolute atomic E-state index is 0.0804. The number of anilines is 1. The fourth-order valence-electron chi connectivity index (χ4n) is 3.99. The number of hydrogen-bond acceptors (Lipinski definition) is 4. The quantitative estimate of drug-likeness (QED) is 0.245. The van der Waals surface area contributed by atoms with Crippen molar-refractivity contribution in [3.05, 3.63) is 93.4 Å². The number of sulfonamides is 1. The van der Waals surface area contributed by atoms with Crippen LogP contribution in [-0.4, -0.2) is 43.8 Å². The van der Waals surface area contributed by atoms with Crippen molar-refractivity contribution in [2.75, 3.05) is 10.8 Å². The van der Waals surface area contributed by atoms with Gasteiger partial charge in [-0.1, -0.05) is 64.8 Å². The van der Waals surface area contributed by atoms with Gasteiger partial charge < -0.3 is 10.2 Å². The van der Waals surface area contributed by atoms with Crippen molar-refractivity contribution in [3.63, 3.8) is 0 Å². The normalized spacial score (nSPS) is 13.2. The zero-order chi connectivity index (χ0) is 31.2. The van der Waals surface area contributed by atoms with Crippen LogP contribution in [0, 0.1) is 0 Å². The average molecular weight is 689 g/mol. The van der Waals surface area contributed by atoms with Crippen LogP contribution in [0.25, 0.3) is 0 Å². The third-order valence-electron chi connectivity index (χ3n) is 6.56. The van der Waals surface area contributed by atoms with Crippen molar-refractivity contribution in [2.24, 2.45) is 0 Å². The molecule has 0 aliphatic rings. The Kier molecular flexibility index (Phi) is 11.1. The third-order valence-corrected chi connectivity index (χ3v) is 9.15. The fraction of sp³-hybridized carbons (Fsp3) is 0.310. The van der Waals surface area contributed by atoms with Crippen molar-refractivity contribution in [1.82, 2.24) is 10.2 Å². The number of alkyl halides is 3. The monoisotopic (exact) mass is 687 g/mol. The standard InChI is InChI=1S/C29H30BrClF3N3O4S/c1-4-19(2)35-28(39)20(3)36(17-21-9-8-10-23(30)15-21)27(38)18-37(42(40,41)24-11-6-5-7-12-24)26-16-22(29(32,33)34)13-14-25(26)31/h5-16,19-20H,4,17-18H2,1-3H3,(H,35,39)/t19-,20-/m0/s1. The van der Waals surface area contributed by atoms with Crippen LogP contribution in [0.5, 0.6) is 0 Å². The highest BCUT2D eigenvalue weighted by molar-refractivity contribution is 9.10.